The number of carbonyl (C=O) groups is 1. The number of thiazole rings is 1. The van der Waals surface area contributed by atoms with E-state index in [1.54, 1.807) is 11.0 Å². The van der Waals surface area contributed by atoms with Crippen LogP contribution in [0.5, 0.6) is 5.75 Å². The fourth-order valence-corrected chi connectivity index (χ4v) is 5.47. The van der Waals surface area contributed by atoms with E-state index in [0.717, 1.165) is 29.8 Å². The second kappa shape index (κ2) is 11.5. The Balaban J connectivity index is 1.43. The fourth-order valence-electron chi connectivity index (χ4n) is 4.20. The summed E-state index contributed by atoms with van der Waals surface area (Å²) in [7, 11) is -3.88. The van der Waals surface area contributed by atoms with E-state index in [-0.39, 0.29) is 23.0 Å². The number of sulfonamides is 1. The molecular formula is C27H35N5O5S2. The van der Waals surface area contributed by atoms with Gasteiger partial charge in [0.05, 0.1) is 22.4 Å². The van der Waals surface area contributed by atoms with Gasteiger partial charge in [-0.1, -0.05) is 0 Å². The van der Waals surface area contributed by atoms with Crippen LogP contribution in [0.3, 0.4) is 0 Å². The summed E-state index contributed by atoms with van der Waals surface area (Å²) in [6.07, 6.45) is 3.09. The van der Waals surface area contributed by atoms with Gasteiger partial charge in [-0.25, -0.2) is 23.3 Å². The molecule has 0 atom stereocenters. The van der Waals surface area contributed by atoms with E-state index in [1.165, 1.54) is 23.5 Å². The summed E-state index contributed by atoms with van der Waals surface area (Å²) >= 11 is 1.38. The lowest BCUT2D eigenvalue weighted by molar-refractivity contribution is 0.0204. The molecule has 3 aromatic rings. The van der Waals surface area contributed by atoms with Gasteiger partial charge in [-0.15, -0.1) is 11.3 Å². The van der Waals surface area contributed by atoms with Crippen LogP contribution in [-0.2, 0) is 14.8 Å². The molecule has 0 unspecified atom stereocenters. The number of piperidine rings is 1. The van der Waals surface area contributed by atoms with E-state index in [1.807, 2.05) is 58.3 Å². The van der Waals surface area contributed by atoms with E-state index in [2.05, 4.69) is 10.3 Å². The topological polar surface area (TPSA) is 137 Å². The molecule has 1 amide bonds. The minimum Gasteiger partial charge on any atom is -0.489 e. The van der Waals surface area contributed by atoms with Crippen molar-refractivity contribution in [2.75, 3.05) is 18.4 Å². The molecule has 12 heteroatoms. The minimum atomic E-state index is -3.88. The number of nitrogens with two attached hydrogens (primary N) is 1. The average molecular weight is 574 g/mol. The van der Waals surface area contributed by atoms with Crippen LogP contribution in [-0.4, -0.2) is 54.2 Å². The van der Waals surface area contributed by atoms with Crippen LogP contribution < -0.4 is 15.2 Å². The number of nitrogens with zero attached hydrogens (tertiary/aromatic N) is 3. The molecule has 0 spiro atoms. The Hall–Kier alpha value is -3.22. The molecule has 0 saturated carbocycles. The lowest BCUT2D eigenvalue weighted by Gasteiger charge is -2.33. The third kappa shape index (κ3) is 7.68. The van der Waals surface area contributed by atoms with E-state index in [0.29, 0.717) is 29.7 Å². The monoisotopic (exact) mass is 573 g/mol. The quantitative estimate of drug-likeness (QED) is 0.378. The standard InChI is InChI=1S/C27H35N5O5S2/c1-17(2)36-24-9-7-20(39(28,34)35)14-22(24)30-25-31-23(16-38-25)19-6-8-21(29-15-19)18-10-12-32(13-11-18)26(33)37-27(3,4)5/h6-9,14-18H,10-13H2,1-5H3,(H,30,31)(H2,28,34,35). The van der Waals surface area contributed by atoms with Crippen molar-refractivity contribution in [1.82, 2.24) is 14.9 Å². The SMILES string of the molecule is CC(C)Oc1ccc(S(N)(=O)=O)cc1Nc1nc(-c2ccc(C3CCN(C(=O)OC(C)(C)C)CC3)nc2)cs1. The van der Waals surface area contributed by atoms with Gasteiger partial charge in [-0.05, 0) is 77.8 Å². The van der Waals surface area contributed by atoms with E-state index in [9.17, 15) is 13.2 Å². The average Bonchev–Trinajstić information content (AvgIpc) is 3.32. The number of amides is 1. The zero-order valence-electron chi connectivity index (χ0n) is 22.8. The van der Waals surface area contributed by atoms with Crippen molar-refractivity contribution in [2.24, 2.45) is 5.14 Å². The highest BCUT2D eigenvalue weighted by atomic mass is 32.2. The molecule has 1 fully saturated rings. The minimum absolute atomic E-state index is 0.0189. The van der Waals surface area contributed by atoms with Crippen LogP contribution in [0.1, 0.15) is 59.1 Å². The molecule has 3 heterocycles. The van der Waals surface area contributed by atoms with Gasteiger partial charge in [-0.3, -0.25) is 4.98 Å². The Morgan fingerprint density at radius 2 is 1.90 bits per heavy atom. The fraction of sp³-hybridized carbons (Fsp3) is 0.444. The number of benzene rings is 1. The van der Waals surface area contributed by atoms with Gasteiger partial charge in [0, 0.05) is 41.8 Å². The van der Waals surface area contributed by atoms with Gasteiger partial charge in [0.15, 0.2) is 5.13 Å². The first kappa shape index (κ1) is 28.8. The zero-order valence-corrected chi connectivity index (χ0v) is 24.4. The van der Waals surface area contributed by atoms with Crippen molar-refractivity contribution in [1.29, 1.82) is 0 Å². The molecule has 1 aromatic carbocycles. The normalized spacial score (nSPS) is 14.9. The molecule has 4 rings (SSSR count). The first-order valence-electron chi connectivity index (χ1n) is 12.8. The summed E-state index contributed by atoms with van der Waals surface area (Å²) in [6, 6.07) is 8.45. The van der Waals surface area contributed by atoms with Gasteiger partial charge < -0.3 is 19.7 Å². The summed E-state index contributed by atoms with van der Waals surface area (Å²) < 4.78 is 35.0. The number of rotatable bonds is 7. The molecule has 1 aliphatic heterocycles. The van der Waals surface area contributed by atoms with Gasteiger partial charge in [0.2, 0.25) is 10.0 Å². The summed E-state index contributed by atoms with van der Waals surface area (Å²) in [5.74, 6) is 0.772. The Bertz CT molecular complexity index is 1410. The van der Waals surface area contributed by atoms with Gasteiger partial charge >= 0.3 is 6.09 Å². The first-order valence-corrected chi connectivity index (χ1v) is 15.2. The maximum absolute atomic E-state index is 12.3. The molecule has 0 radical (unpaired) electrons. The Labute approximate surface area is 233 Å². The largest absolute Gasteiger partial charge is 0.489 e. The summed E-state index contributed by atoms with van der Waals surface area (Å²) in [4.78, 5) is 23.4. The van der Waals surface area contributed by atoms with Crippen LogP contribution in [0.2, 0.25) is 0 Å². The van der Waals surface area contributed by atoms with Crippen LogP contribution in [0.25, 0.3) is 11.3 Å². The number of nitrogens with one attached hydrogen (secondary N) is 1. The predicted octanol–water partition coefficient (Wildman–Crippen LogP) is 5.50. The number of aromatic nitrogens is 2. The van der Waals surface area contributed by atoms with Crippen LogP contribution in [0.15, 0.2) is 46.8 Å². The van der Waals surface area contributed by atoms with Crippen molar-refractivity contribution in [2.45, 2.75) is 70.0 Å². The summed E-state index contributed by atoms with van der Waals surface area (Å²) in [5, 5.41) is 11.0. The van der Waals surface area contributed by atoms with E-state index in [4.69, 9.17) is 19.6 Å². The van der Waals surface area contributed by atoms with Crippen LogP contribution >= 0.6 is 11.3 Å². The van der Waals surface area contributed by atoms with Crippen LogP contribution in [0, 0.1) is 0 Å². The number of hydrogen-bond acceptors (Lipinski definition) is 9. The lowest BCUT2D eigenvalue weighted by Crippen LogP contribution is -2.41. The van der Waals surface area contributed by atoms with Gasteiger partial charge in [0.25, 0.3) is 0 Å². The van der Waals surface area contributed by atoms with Gasteiger partial charge in [-0.2, -0.15) is 0 Å². The van der Waals surface area contributed by atoms with Crippen molar-refractivity contribution < 1.29 is 22.7 Å². The zero-order chi connectivity index (χ0) is 28.4. The smallest absolute Gasteiger partial charge is 0.410 e. The molecule has 3 N–H and O–H groups in total. The van der Waals surface area contributed by atoms with Crippen molar-refractivity contribution in [3.63, 3.8) is 0 Å². The Kier molecular flexibility index (Phi) is 8.48. The highest BCUT2D eigenvalue weighted by molar-refractivity contribution is 7.89. The molecule has 39 heavy (non-hydrogen) atoms. The molecule has 2 aromatic heterocycles. The number of pyridine rings is 1. The predicted molar refractivity (Wildman–Crippen MR) is 152 cm³/mol. The number of likely N-dealkylation sites (tertiary alicyclic amines) is 1. The number of carbonyl (C=O) groups excluding carboxylic acids is 1. The third-order valence-electron chi connectivity index (χ3n) is 6.04. The van der Waals surface area contributed by atoms with E-state index < -0.39 is 15.6 Å². The summed E-state index contributed by atoms with van der Waals surface area (Å²) in [5.41, 5.74) is 2.56. The first-order chi connectivity index (χ1) is 18.3. The molecule has 10 nitrogen and oxygen atoms in total. The second-order valence-electron chi connectivity index (χ2n) is 10.7. The molecular weight excluding hydrogens is 538 g/mol. The number of hydrogen-bond donors (Lipinski definition) is 2. The maximum Gasteiger partial charge on any atom is 0.410 e. The summed E-state index contributed by atoms with van der Waals surface area (Å²) in [6.45, 7) is 10.7. The third-order valence-corrected chi connectivity index (χ3v) is 7.70. The van der Waals surface area contributed by atoms with E-state index >= 15 is 0 Å². The number of primary sulfonamides is 1. The molecule has 1 saturated heterocycles. The Morgan fingerprint density at radius 1 is 1.18 bits per heavy atom. The maximum atomic E-state index is 12.3. The van der Waals surface area contributed by atoms with Crippen molar-refractivity contribution >= 4 is 38.3 Å². The van der Waals surface area contributed by atoms with Gasteiger partial charge in [0.1, 0.15) is 11.4 Å². The highest BCUT2D eigenvalue weighted by Crippen LogP contribution is 2.34. The number of ether oxygens (including phenoxy) is 2. The van der Waals surface area contributed by atoms with Crippen molar-refractivity contribution in [3.05, 3.63) is 47.6 Å². The highest BCUT2D eigenvalue weighted by Gasteiger charge is 2.28. The second-order valence-corrected chi connectivity index (χ2v) is 13.2. The molecule has 1 aliphatic rings. The lowest BCUT2D eigenvalue weighted by atomic mass is 9.93. The molecule has 0 aliphatic carbocycles. The Morgan fingerprint density at radius 3 is 2.49 bits per heavy atom. The molecule has 0 bridgehead atoms. The van der Waals surface area contributed by atoms with Crippen LogP contribution in [0.4, 0.5) is 15.6 Å². The van der Waals surface area contributed by atoms with Crippen molar-refractivity contribution in [3.8, 4) is 17.0 Å². The number of anilines is 2. The molecule has 210 valence electrons.